The first kappa shape index (κ1) is 17.8. The third kappa shape index (κ3) is 3.78. The molecule has 1 aliphatic heterocycles. The second kappa shape index (κ2) is 7.59. The van der Waals surface area contributed by atoms with Crippen molar-refractivity contribution in [2.24, 2.45) is 0 Å². The molecule has 3 aromatic rings. The highest BCUT2D eigenvalue weighted by molar-refractivity contribution is 7.20. The van der Waals surface area contributed by atoms with Crippen LogP contribution in [0.25, 0.3) is 4.96 Å². The summed E-state index contributed by atoms with van der Waals surface area (Å²) in [4.78, 5) is 28.3. The zero-order valence-electron chi connectivity index (χ0n) is 15.6. The minimum absolute atomic E-state index is 0.119. The lowest BCUT2D eigenvalue weighted by molar-refractivity contribution is 0.522. The fourth-order valence-corrected chi connectivity index (χ4v) is 4.18. The van der Waals surface area contributed by atoms with E-state index in [9.17, 15) is 4.79 Å². The molecule has 4 rings (SSSR count). The summed E-state index contributed by atoms with van der Waals surface area (Å²) in [6.07, 6.45) is 5.29. The van der Waals surface area contributed by atoms with Gasteiger partial charge in [0.25, 0.3) is 5.56 Å². The number of rotatable bonds is 5. The van der Waals surface area contributed by atoms with Gasteiger partial charge in [-0.3, -0.25) is 4.79 Å². The average Bonchev–Trinajstić information content (AvgIpc) is 3.11. The van der Waals surface area contributed by atoms with E-state index >= 15 is 0 Å². The van der Waals surface area contributed by atoms with Crippen LogP contribution in [0.1, 0.15) is 38.1 Å². The Labute approximate surface area is 161 Å². The molecule has 0 bridgehead atoms. The van der Waals surface area contributed by atoms with Crippen molar-refractivity contribution in [2.45, 2.75) is 45.6 Å². The van der Waals surface area contributed by atoms with Gasteiger partial charge >= 0.3 is 0 Å². The molecule has 0 unspecified atom stereocenters. The number of hydrogen-bond donors (Lipinski definition) is 1. The van der Waals surface area contributed by atoms with Crippen molar-refractivity contribution in [1.29, 1.82) is 0 Å². The Kier molecular flexibility index (Phi) is 5.02. The van der Waals surface area contributed by atoms with E-state index in [1.807, 2.05) is 6.92 Å². The van der Waals surface area contributed by atoms with Gasteiger partial charge in [-0.05, 0) is 25.7 Å². The second-order valence-corrected chi connectivity index (χ2v) is 7.62. The molecule has 27 heavy (non-hydrogen) atoms. The van der Waals surface area contributed by atoms with Crippen LogP contribution >= 0.6 is 11.3 Å². The molecule has 142 valence electrons. The van der Waals surface area contributed by atoms with E-state index < -0.39 is 0 Å². The SMILES string of the molecule is CCc1cc(N2CCC(Nc3nn4c(=O)cc(CC)nc4s3)CC2)ncn1. The Morgan fingerprint density at radius 2 is 1.93 bits per heavy atom. The summed E-state index contributed by atoms with van der Waals surface area (Å²) in [5.74, 6) is 1.00. The Bertz CT molecular complexity index is 991. The fraction of sp³-hybridized carbons (Fsp3) is 0.500. The van der Waals surface area contributed by atoms with Crippen molar-refractivity contribution in [2.75, 3.05) is 23.3 Å². The van der Waals surface area contributed by atoms with Crippen LogP contribution in [0, 0.1) is 0 Å². The predicted octanol–water partition coefficient (Wildman–Crippen LogP) is 2.15. The summed E-state index contributed by atoms with van der Waals surface area (Å²) >= 11 is 1.43. The number of piperidine rings is 1. The molecule has 0 aliphatic carbocycles. The Morgan fingerprint density at radius 3 is 2.67 bits per heavy atom. The molecule has 8 nitrogen and oxygen atoms in total. The van der Waals surface area contributed by atoms with Crippen molar-refractivity contribution in [3.8, 4) is 0 Å². The molecule has 1 fully saturated rings. The lowest BCUT2D eigenvalue weighted by Crippen LogP contribution is -2.39. The normalized spacial score (nSPS) is 15.4. The lowest BCUT2D eigenvalue weighted by atomic mass is 10.1. The third-order valence-corrected chi connectivity index (χ3v) is 5.72. The quantitative estimate of drug-likeness (QED) is 0.720. The van der Waals surface area contributed by atoms with Gasteiger partial charge in [-0.15, -0.1) is 5.10 Å². The number of aromatic nitrogens is 5. The van der Waals surface area contributed by atoms with Crippen LogP contribution < -0.4 is 15.8 Å². The molecule has 0 atom stereocenters. The van der Waals surface area contributed by atoms with Crippen molar-refractivity contribution in [1.82, 2.24) is 24.6 Å². The molecule has 1 saturated heterocycles. The summed E-state index contributed by atoms with van der Waals surface area (Å²) in [6.45, 7) is 5.96. The second-order valence-electron chi connectivity index (χ2n) is 6.67. The van der Waals surface area contributed by atoms with Gasteiger partial charge in [0, 0.05) is 42.7 Å². The lowest BCUT2D eigenvalue weighted by Gasteiger charge is -2.33. The number of aryl methyl sites for hydroxylation is 2. The molecule has 0 aromatic carbocycles. The van der Waals surface area contributed by atoms with Crippen molar-refractivity contribution in [3.05, 3.63) is 40.2 Å². The summed E-state index contributed by atoms with van der Waals surface area (Å²) < 4.78 is 1.38. The van der Waals surface area contributed by atoms with E-state index in [2.05, 4.69) is 43.3 Å². The molecule has 0 radical (unpaired) electrons. The van der Waals surface area contributed by atoms with E-state index in [1.165, 1.54) is 15.9 Å². The zero-order chi connectivity index (χ0) is 18.8. The maximum atomic E-state index is 12.1. The number of fused-ring (bicyclic) bond motifs is 1. The molecule has 3 aromatic heterocycles. The van der Waals surface area contributed by atoms with Crippen LogP contribution in [-0.2, 0) is 12.8 Å². The number of hydrogen-bond acceptors (Lipinski definition) is 8. The van der Waals surface area contributed by atoms with E-state index in [0.717, 1.165) is 61.1 Å². The van der Waals surface area contributed by atoms with Crippen LogP contribution in [0.4, 0.5) is 10.9 Å². The van der Waals surface area contributed by atoms with Crippen molar-refractivity contribution in [3.63, 3.8) is 0 Å². The topological polar surface area (TPSA) is 88.3 Å². The maximum absolute atomic E-state index is 12.1. The monoisotopic (exact) mass is 385 g/mol. The van der Waals surface area contributed by atoms with Gasteiger partial charge in [-0.1, -0.05) is 25.2 Å². The van der Waals surface area contributed by atoms with E-state index in [4.69, 9.17) is 0 Å². The highest BCUT2D eigenvalue weighted by Crippen LogP contribution is 2.23. The first-order chi connectivity index (χ1) is 13.2. The minimum atomic E-state index is -0.119. The summed E-state index contributed by atoms with van der Waals surface area (Å²) in [5, 5.41) is 8.63. The Morgan fingerprint density at radius 1 is 1.15 bits per heavy atom. The van der Waals surface area contributed by atoms with Gasteiger partial charge in [-0.2, -0.15) is 4.52 Å². The summed E-state index contributed by atoms with van der Waals surface area (Å²) in [6, 6.07) is 3.96. The first-order valence-electron chi connectivity index (χ1n) is 9.38. The van der Waals surface area contributed by atoms with Crippen LogP contribution in [0.3, 0.4) is 0 Å². The van der Waals surface area contributed by atoms with E-state index in [0.29, 0.717) is 11.0 Å². The number of nitrogens with one attached hydrogen (secondary N) is 1. The molecule has 0 amide bonds. The van der Waals surface area contributed by atoms with Crippen LogP contribution in [-0.4, -0.2) is 43.7 Å². The molecular weight excluding hydrogens is 362 g/mol. The first-order valence-corrected chi connectivity index (χ1v) is 10.2. The molecule has 0 spiro atoms. The van der Waals surface area contributed by atoms with Gasteiger partial charge in [0.15, 0.2) is 0 Å². The predicted molar refractivity (Wildman–Crippen MR) is 107 cm³/mol. The maximum Gasteiger partial charge on any atom is 0.275 e. The van der Waals surface area contributed by atoms with Gasteiger partial charge in [0.2, 0.25) is 10.1 Å². The van der Waals surface area contributed by atoms with E-state index in [-0.39, 0.29) is 5.56 Å². The smallest absolute Gasteiger partial charge is 0.275 e. The van der Waals surface area contributed by atoms with Crippen LogP contribution in [0.5, 0.6) is 0 Å². The largest absolute Gasteiger partial charge is 0.357 e. The highest BCUT2D eigenvalue weighted by atomic mass is 32.1. The number of anilines is 2. The highest BCUT2D eigenvalue weighted by Gasteiger charge is 2.21. The molecule has 1 N–H and O–H groups in total. The fourth-order valence-electron chi connectivity index (χ4n) is 3.28. The van der Waals surface area contributed by atoms with Crippen LogP contribution in [0.15, 0.2) is 23.3 Å². The van der Waals surface area contributed by atoms with Crippen molar-refractivity contribution >= 4 is 27.2 Å². The van der Waals surface area contributed by atoms with Gasteiger partial charge in [-0.25, -0.2) is 15.0 Å². The molecule has 4 heterocycles. The van der Waals surface area contributed by atoms with E-state index in [1.54, 1.807) is 12.4 Å². The van der Waals surface area contributed by atoms with Gasteiger partial charge < -0.3 is 10.2 Å². The van der Waals surface area contributed by atoms with Gasteiger partial charge in [0.05, 0.1) is 0 Å². The molecular formula is C18H23N7OS. The Hall–Kier alpha value is -2.55. The summed E-state index contributed by atoms with van der Waals surface area (Å²) in [5.41, 5.74) is 1.75. The molecule has 9 heteroatoms. The zero-order valence-corrected chi connectivity index (χ0v) is 16.4. The third-order valence-electron chi connectivity index (χ3n) is 4.88. The van der Waals surface area contributed by atoms with Gasteiger partial charge in [0.1, 0.15) is 12.1 Å². The van der Waals surface area contributed by atoms with Crippen LogP contribution in [0.2, 0.25) is 0 Å². The van der Waals surface area contributed by atoms with Crippen molar-refractivity contribution < 1.29 is 0 Å². The molecule has 0 saturated carbocycles. The minimum Gasteiger partial charge on any atom is -0.357 e. The summed E-state index contributed by atoms with van der Waals surface area (Å²) in [7, 11) is 0. The average molecular weight is 385 g/mol. The molecule has 1 aliphatic rings. The number of nitrogens with zero attached hydrogens (tertiary/aromatic N) is 6. The Balaban J connectivity index is 1.42. The standard InChI is InChI=1S/C18H23N7OS/c1-3-12-9-15(20-11-19-12)24-7-5-14(6-8-24)21-17-23-25-16(26)10-13(4-2)22-18(25)27-17/h9-11,14H,3-8H2,1-2H3,(H,21,23).